The van der Waals surface area contributed by atoms with Gasteiger partial charge in [-0.05, 0) is 44.4 Å². The Labute approximate surface area is 172 Å². The van der Waals surface area contributed by atoms with Gasteiger partial charge >= 0.3 is 12.0 Å². The number of nitrogens with two attached hydrogens (primary N) is 1. The molecule has 0 aliphatic heterocycles. The van der Waals surface area contributed by atoms with E-state index in [0.29, 0.717) is 10.9 Å². The maximum atomic E-state index is 13.9. The lowest BCUT2D eigenvalue weighted by atomic mass is 9.88. The second-order valence-corrected chi connectivity index (χ2v) is 8.40. The van der Waals surface area contributed by atoms with Crippen LogP contribution in [-0.4, -0.2) is 35.5 Å². The SMILES string of the molecule is CC(=O)OC(C)(C)C(N)C(=O)[C@H](CC(C)C)NC(=O)Nc1ccc(Br)cc1F. The average Bonchev–Trinajstić information content (AvgIpc) is 2.53. The maximum Gasteiger partial charge on any atom is 0.319 e. The third kappa shape index (κ3) is 7.20. The second kappa shape index (κ2) is 9.97. The molecule has 156 valence electrons. The zero-order valence-electron chi connectivity index (χ0n) is 16.6. The van der Waals surface area contributed by atoms with Crippen LogP contribution in [0.3, 0.4) is 0 Å². The lowest BCUT2D eigenvalue weighted by Gasteiger charge is -2.32. The van der Waals surface area contributed by atoms with Crippen LogP contribution in [0, 0.1) is 11.7 Å². The van der Waals surface area contributed by atoms with E-state index in [1.165, 1.54) is 32.9 Å². The highest BCUT2D eigenvalue weighted by atomic mass is 79.9. The van der Waals surface area contributed by atoms with Gasteiger partial charge in [0.2, 0.25) is 0 Å². The molecule has 0 aromatic heterocycles. The zero-order valence-corrected chi connectivity index (χ0v) is 18.2. The van der Waals surface area contributed by atoms with E-state index in [2.05, 4.69) is 26.6 Å². The standard InChI is InChI=1S/C19H27BrFN3O4/c1-10(2)8-15(16(26)17(22)19(4,5)28-11(3)25)24-18(27)23-14-7-6-12(20)9-13(14)21/h6-7,9-10,15,17H,8,22H2,1-5H3,(H2,23,24,27)/t15-,17?/m0/s1. The monoisotopic (exact) mass is 459 g/mol. The molecule has 2 atom stereocenters. The van der Waals surface area contributed by atoms with Crippen molar-refractivity contribution in [2.24, 2.45) is 11.7 Å². The number of rotatable bonds is 8. The van der Waals surface area contributed by atoms with Crippen molar-refractivity contribution in [1.29, 1.82) is 0 Å². The number of carbonyl (C=O) groups is 3. The highest BCUT2D eigenvalue weighted by Crippen LogP contribution is 2.20. The number of nitrogens with one attached hydrogen (secondary N) is 2. The van der Waals surface area contributed by atoms with E-state index >= 15 is 0 Å². The summed E-state index contributed by atoms with van der Waals surface area (Å²) in [6, 6.07) is 1.37. The van der Waals surface area contributed by atoms with Gasteiger partial charge < -0.3 is 21.1 Å². The number of hydrogen-bond acceptors (Lipinski definition) is 5. The Hall–Kier alpha value is -2.00. The first kappa shape index (κ1) is 24.0. The van der Waals surface area contributed by atoms with Crippen molar-refractivity contribution in [2.75, 3.05) is 5.32 Å². The maximum absolute atomic E-state index is 13.9. The van der Waals surface area contributed by atoms with Gasteiger partial charge in [-0.3, -0.25) is 9.59 Å². The summed E-state index contributed by atoms with van der Waals surface area (Å²) in [5.74, 6) is -1.59. The molecule has 0 bridgehead atoms. The van der Waals surface area contributed by atoms with Crippen molar-refractivity contribution in [3.63, 3.8) is 0 Å². The first-order valence-electron chi connectivity index (χ1n) is 8.85. The minimum absolute atomic E-state index is 0.0269. The molecular weight excluding hydrogens is 433 g/mol. The Balaban J connectivity index is 2.93. The summed E-state index contributed by atoms with van der Waals surface area (Å²) < 4.78 is 19.6. The zero-order chi connectivity index (χ0) is 21.6. The van der Waals surface area contributed by atoms with Crippen molar-refractivity contribution in [3.05, 3.63) is 28.5 Å². The van der Waals surface area contributed by atoms with Crippen molar-refractivity contribution < 1.29 is 23.5 Å². The quantitative estimate of drug-likeness (QED) is 0.516. The highest BCUT2D eigenvalue weighted by Gasteiger charge is 2.39. The molecular formula is C19H27BrFN3O4. The van der Waals surface area contributed by atoms with E-state index in [4.69, 9.17) is 10.5 Å². The summed E-state index contributed by atoms with van der Waals surface area (Å²) in [6.07, 6.45) is 0.318. The first-order valence-corrected chi connectivity index (χ1v) is 9.64. The average molecular weight is 460 g/mol. The Morgan fingerprint density at radius 1 is 1.29 bits per heavy atom. The first-order chi connectivity index (χ1) is 12.8. The van der Waals surface area contributed by atoms with Crippen molar-refractivity contribution in [3.8, 4) is 0 Å². The number of hydrogen-bond donors (Lipinski definition) is 3. The van der Waals surface area contributed by atoms with Gasteiger partial charge in [0, 0.05) is 11.4 Å². The molecule has 1 aromatic carbocycles. The van der Waals surface area contributed by atoms with E-state index in [0.717, 1.165) is 0 Å². The number of esters is 1. The number of Topliss-reactive ketones (excluding diaryl/α,β-unsaturated/α-hetero) is 1. The molecule has 28 heavy (non-hydrogen) atoms. The molecule has 1 aromatic rings. The van der Waals surface area contributed by atoms with Crippen molar-refractivity contribution >= 4 is 39.4 Å². The Kier molecular flexibility index (Phi) is 8.56. The van der Waals surface area contributed by atoms with Crippen LogP contribution >= 0.6 is 15.9 Å². The van der Waals surface area contributed by atoms with Gasteiger partial charge in [-0.15, -0.1) is 0 Å². The Bertz CT molecular complexity index is 740. The van der Waals surface area contributed by atoms with E-state index in [-0.39, 0.29) is 11.6 Å². The fourth-order valence-electron chi connectivity index (χ4n) is 2.62. The van der Waals surface area contributed by atoms with E-state index in [9.17, 15) is 18.8 Å². The van der Waals surface area contributed by atoms with Crippen molar-refractivity contribution in [2.45, 2.75) is 58.7 Å². The summed E-state index contributed by atoms with van der Waals surface area (Å²) in [5, 5.41) is 4.93. The molecule has 0 heterocycles. The van der Waals surface area contributed by atoms with Gasteiger partial charge in [-0.25, -0.2) is 9.18 Å². The molecule has 1 rings (SSSR count). The molecule has 2 amide bonds. The summed E-state index contributed by atoms with van der Waals surface area (Å²) in [5.41, 5.74) is 4.76. The van der Waals surface area contributed by atoms with Gasteiger partial charge in [-0.1, -0.05) is 29.8 Å². The Morgan fingerprint density at radius 3 is 2.39 bits per heavy atom. The van der Waals surface area contributed by atoms with Gasteiger partial charge in [0.05, 0.1) is 11.7 Å². The van der Waals surface area contributed by atoms with Crippen LogP contribution in [0.4, 0.5) is 14.9 Å². The number of benzene rings is 1. The molecule has 9 heteroatoms. The summed E-state index contributed by atoms with van der Waals surface area (Å²) in [6.45, 7) is 8.05. The molecule has 1 unspecified atom stereocenters. The molecule has 0 aliphatic rings. The van der Waals surface area contributed by atoms with Crippen molar-refractivity contribution in [1.82, 2.24) is 5.32 Å². The van der Waals surface area contributed by atoms with Gasteiger partial charge in [0.15, 0.2) is 5.78 Å². The highest BCUT2D eigenvalue weighted by molar-refractivity contribution is 9.10. The summed E-state index contributed by atoms with van der Waals surface area (Å²) in [7, 11) is 0. The van der Waals surface area contributed by atoms with Crippen LogP contribution in [0.5, 0.6) is 0 Å². The molecule has 0 spiro atoms. The number of amides is 2. The predicted molar refractivity (Wildman–Crippen MR) is 108 cm³/mol. The van der Waals surface area contributed by atoms with Crippen LogP contribution in [0.2, 0.25) is 0 Å². The lowest BCUT2D eigenvalue weighted by molar-refractivity contribution is -0.157. The van der Waals surface area contributed by atoms with E-state index in [1.54, 1.807) is 6.07 Å². The number of ketones is 1. The summed E-state index contributed by atoms with van der Waals surface area (Å²) >= 11 is 3.14. The largest absolute Gasteiger partial charge is 0.458 e. The summed E-state index contributed by atoms with van der Waals surface area (Å²) in [4.78, 5) is 36.4. The number of carbonyl (C=O) groups excluding carboxylic acids is 3. The minimum atomic E-state index is -1.24. The van der Waals surface area contributed by atoms with Gasteiger partial charge in [0.25, 0.3) is 0 Å². The van der Waals surface area contributed by atoms with E-state index in [1.807, 2.05) is 13.8 Å². The smallest absolute Gasteiger partial charge is 0.319 e. The molecule has 0 saturated carbocycles. The van der Waals surface area contributed by atoms with Gasteiger partial charge in [0.1, 0.15) is 17.5 Å². The van der Waals surface area contributed by atoms with Crippen LogP contribution in [0.15, 0.2) is 22.7 Å². The van der Waals surface area contributed by atoms with Crippen LogP contribution in [0.1, 0.15) is 41.0 Å². The molecule has 0 aliphatic carbocycles. The number of urea groups is 1. The number of anilines is 1. The predicted octanol–water partition coefficient (Wildman–Crippen LogP) is 3.36. The van der Waals surface area contributed by atoms with Gasteiger partial charge in [-0.2, -0.15) is 0 Å². The van der Waals surface area contributed by atoms with Crippen LogP contribution in [-0.2, 0) is 14.3 Å². The van der Waals surface area contributed by atoms with E-state index < -0.39 is 41.3 Å². The Morgan fingerprint density at radius 2 is 1.89 bits per heavy atom. The number of halogens is 2. The topological polar surface area (TPSA) is 111 Å². The minimum Gasteiger partial charge on any atom is -0.458 e. The van der Waals surface area contributed by atoms with Crippen LogP contribution < -0.4 is 16.4 Å². The third-order valence-corrected chi connectivity index (χ3v) is 4.49. The second-order valence-electron chi connectivity index (χ2n) is 7.48. The molecule has 0 saturated heterocycles. The fourth-order valence-corrected chi connectivity index (χ4v) is 2.95. The molecule has 7 nitrogen and oxygen atoms in total. The normalized spacial score (nSPS) is 13.6. The third-order valence-electron chi connectivity index (χ3n) is 4.00. The van der Waals surface area contributed by atoms with Crippen LogP contribution in [0.25, 0.3) is 0 Å². The lowest BCUT2D eigenvalue weighted by Crippen LogP contribution is -2.58. The number of ether oxygens (including phenoxy) is 1. The fraction of sp³-hybridized carbons (Fsp3) is 0.526. The molecule has 4 N–H and O–H groups in total. The molecule has 0 fully saturated rings. The molecule has 0 radical (unpaired) electrons.